The molecule has 0 amide bonds. The number of fused-ring (bicyclic) bond motifs is 1. The number of furan rings is 1. The molecule has 0 saturated heterocycles. The largest absolute Gasteiger partial charge is 0.455 e. The van der Waals surface area contributed by atoms with Crippen LogP contribution < -0.4 is 5.43 Å². The molecule has 2 aromatic heterocycles. The second-order valence-corrected chi connectivity index (χ2v) is 5.48. The van der Waals surface area contributed by atoms with Crippen LogP contribution in [0.1, 0.15) is 5.76 Å². The summed E-state index contributed by atoms with van der Waals surface area (Å²) in [5, 5.41) is 14.8. The van der Waals surface area contributed by atoms with Gasteiger partial charge in [-0.3, -0.25) is 10.1 Å². The summed E-state index contributed by atoms with van der Waals surface area (Å²) in [6, 6.07) is 17.4. The number of non-ortho nitro benzene ring substituents is 1. The van der Waals surface area contributed by atoms with Crippen molar-refractivity contribution in [1.29, 1.82) is 0 Å². The zero-order valence-corrected chi connectivity index (χ0v) is 13.4. The van der Waals surface area contributed by atoms with Crippen LogP contribution in [0.5, 0.6) is 0 Å². The number of nitrogens with zero attached hydrogens (tertiary/aromatic N) is 3. The highest BCUT2D eigenvalue weighted by atomic mass is 16.6. The van der Waals surface area contributed by atoms with Crippen LogP contribution in [-0.2, 0) is 0 Å². The number of imidazole rings is 1. The maximum Gasteiger partial charge on any atom is 0.269 e. The van der Waals surface area contributed by atoms with Gasteiger partial charge in [-0.25, -0.2) is 10.4 Å². The number of anilines is 1. The molecule has 0 fully saturated rings. The van der Waals surface area contributed by atoms with E-state index in [0.29, 0.717) is 17.5 Å². The number of rotatable bonds is 5. The van der Waals surface area contributed by atoms with Gasteiger partial charge in [0.05, 0.1) is 22.2 Å². The summed E-state index contributed by atoms with van der Waals surface area (Å²) in [5.41, 5.74) is 5.38. The highest BCUT2D eigenvalue weighted by molar-refractivity contribution is 5.79. The van der Waals surface area contributed by atoms with Gasteiger partial charge in [0.1, 0.15) is 11.5 Å². The van der Waals surface area contributed by atoms with Gasteiger partial charge in [-0.2, -0.15) is 5.10 Å². The Morgan fingerprint density at radius 1 is 1.12 bits per heavy atom. The van der Waals surface area contributed by atoms with E-state index in [2.05, 4.69) is 20.5 Å². The number of H-pyrrole nitrogens is 1. The lowest BCUT2D eigenvalue weighted by Gasteiger charge is -1.96. The molecular weight excluding hydrogens is 334 g/mol. The van der Waals surface area contributed by atoms with Crippen LogP contribution in [-0.4, -0.2) is 21.1 Å². The molecule has 0 radical (unpaired) electrons. The molecule has 0 spiro atoms. The quantitative estimate of drug-likeness (QED) is 0.320. The molecule has 0 aliphatic carbocycles. The summed E-state index contributed by atoms with van der Waals surface area (Å²) >= 11 is 0. The maximum atomic E-state index is 10.7. The Morgan fingerprint density at radius 3 is 2.69 bits per heavy atom. The van der Waals surface area contributed by atoms with Crippen LogP contribution >= 0.6 is 0 Å². The van der Waals surface area contributed by atoms with Gasteiger partial charge in [0.2, 0.25) is 5.95 Å². The number of aromatic amines is 1. The minimum absolute atomic E-state index is 0.0390. The molecule has 0 bridgehead atoms. The van der Waals surface area contributed by atoms with E-state index < -0.39 is 4.92 Å². The summed E-state index contributed by atoms with van der Waals surface area (Å²) in [5.74, 6) is 1.68. The molecule has 2 heterocycles. The van der Waals surface area contributed by atoms with Crippen molar-refractivity contribution >= 4 is 28.9 Å². The third kappa shape index (κ3) is 3.16. The molecule has 0 aliphatic heterocycles. The fourth-order valence-electron chi connectivity index (χ4n) is 2.49. The number of aromatic nitrogens is 2. The van der Waals surface area contributed by atoms with Crippen molar-refractivity contribution in [3.8, 4) is 11.3 Å². The van der Waals surface area contributed by atoms with Gasteiger partial charge in [0.25, 0.3) is 5.69 Å². The summed E-state index contributed by atoms with van der Waals surface area (Å²) in [7, 11) is 0. The molecule has 0 aliphatic rings. The van der Waals surface area contributed by atoms with Gasteiger partial charge < -0.3 is 9.40 Å². The van der Waals surface area contributed by atoms with Crippen molar-refractivity contribution in [2.45, 2.75) is 0 Å². The van der Waals surface area contributed by atoms with E-state index in [-0.39, 0.29) is 5.69 Å². The first-order valence-electron chi connectivity index (χ1n) is 7.77. The first-order chi connectivity index (χ1) is 12.7. The summed E-state index contributed by atoms with van der Waals surface area (Å²) < 4.78 is 5.68. The molecule has 0 saturated carbocycles. The molecule has 0 unspecified atom stereocenters. The summed E-state index contributed by atoms with van der Waals surface area (Å²) in [6.45, 7) is 0. The van der Waals surface area contributed by atoms with Gasteiger partial charge in [-0.05, 0) is 36.4 Å². The normalized spacial score (nSPS) is 11.2. The highest BCUT2D eigenvalue weighted by Gasteiger charge is 2.08. The number of hydrogen-bond acceptors (Lipinski definition) is 6. The Kier molecular flexibility index (Phi) is 3.91. The topological polar surface area (TPSA) is 109 Å². The van der Waals surface area contributed by atoms with Crippen LogP contribution in [0.4, 0.5) is 11.6 Å². The van der Waals surface area contributed by atoms with Crippen molar-refractivity contribution in [3.63, 3.8) is 0 Å². The van der Waals surface area contributed by atoms with E-state index in [1.54, 1.807) is 24.3 Å². The minimum atomic E-state index is -0.437. The second-order valence-electron chi connectivity index (χ2n) is 5.48. The second kappa shape index (κ2) is 6.52. The van der Waals surface area contributed by atoms with Gasteiger partial charge in [-0.15, -0.1) is 0 Å². The van der Waals surface area contributed by atoms with E-state index in [0.717, 1.165) is 16.6 Å². The number of benzene rings is 2. The van der Waals surface area contributed by atoms with Crippen molar-refractivity contribution < 1.29 is 9.34 Å². The standard InChI is InChI=1S/C18H13N5O3/c24-23(25)13-7-5-12(6-8-13)17-10-9-14(26-17)11-19-22-18-20-15-3-1-2-4-16(15)21-18/h1-11H,(H2,20,21,22)/b19-11+. The Labute approximate surface area is 147 Å². The number of nitro benzene ring substituents is 1. The van der Waals surface area contributed by atoms with Gasteiger partial charge in [-0.1, -0.05) is 12.1 Å². The van der Waals surface area contributed by atoms with Gasteiger partial charge in [0, 0.05) is 17.7 Å². The number of hydrogen-bond donors (Lipinski definition) is 2. The fourth-order valence-corrected chi connectivity index (χ4v) is 2.49. The van der Waals surface area contributed by atoms with E-state index in [9.17, 15) is 10.1 Å². The Balaban J connectivity index is 1.45. The molecule has 26 heavy (non-hydrogen) atoms. The summed E-state index contributed by atoms with van der Waals surface area (Å²) in [6.07, 6.45) is 1.53. The van der Waals surface area contributed by atoms with Crippen LogP contribution in [0.2, 0.25) is 0 Å². The lowest BCUT2D eigenvalue weighted by Crippen LogP contribution is -1.91. The third-order valence-electron chi connectivity index (χ3n) is 3.74. The molecule has 2 N–H and O–H groups in total. The van der Waals surface area contributed by atoms with Crippen molar-refractivity contribution in [3.05, 3.63) is 76.5 Å². The van der Waals surface area contributed by atoms with Crippen LogP contribution in [0, 0.1) is 10.1 Å². The summed E-state index contributed by atoms with van der Waals surface area (Å²) in [4.78, 5) is 17.7. The lowest BCUT2D eigenvalue weighted by molar-refractivity contribution is -0.384. The van der Waals surface area contributed by atoms with Gasteiger partial charge >= 0.3 is 0 Å². The van der Waals surface area contributed by atoms with Crippen molar-refractivity contribution in [2.24, 2.45) is 5.10 Å². The zero-order valence-electron chi connectivity index (χ0n) is 13.4. The van der Waals surface area contributed by atoms with Crippen molar-refractivity contribution in [2.75, 3.05) is 5.43 Å². The average molecular weight is 347 g/mol. The van der Waals surface area contributed by atoms with Crippen LogP contribution in [0.25, 0.3) is 22.4 Å². The number of para-hydroxylation sites is 2. The van der Waals surface area contributed by atoms with E-state index in [1.165, 1.54) is 18.3 Å². The van der Waals surface area contributed by atoms with Crippen LogP contribution in [0.3, 0.4) is 0 Å². The molecule has 4 aromatic rings. The Hall–Kier alpha value is -3.94. The van der Waals surface area contributed by atoms with Crippen LogP contribution in [0.15, 0.2) is 70.2 Å². The van der Waals surface area contributed by atoms with Crippen molar-refractivity contribution in [1.82, 2.24) is 9.97 Å². The third-order valence-corrected chi connectivity index (χ3v) is 3.74. The monoisotopic (exact) mass is 347 g/mol. The maximum absolute atomic E-state index is 10.7. The first-order valence-corrected chi connectivity index (χ1v) is 7.77. The number of nitrogens with one attached hydrogen (secondary N) is 2. The number of nitro groups is 1. The smallest absolute Gasteiger partial charge is 0.269 e. The molecule has 0 atom stereocenters. The minimum Gasteiger partial charge on any atom is -0.455 e. The SMILES string of the molecule is O=[N+]([O-])c1ccc(-c2ccc(/C=N/Nc3nc4ccccc4[nH]3)o2)cc1. The molecular formula is C18H13N5O3. The molecule has 2 aromatic carbocycles. The fraction of sp³-hybridized carbons (Fsp3) is 0. The average Bonchev–Trinajstić information content (AvgIpc) is 3.28. The zero-order chi connectivity index (χ0) is 17.9. The predicted molar refractivity (Wildman–Crippen MR) is 98.1 cm³/mol. The Bertz CT molecular complexity index is 1060. The van der Waals surface area contributed by atoms with E-state index in [4.69, 9.17) is 4.42 Å². The number of hydrazone groups is 1. The first kappa shape index (κ1) is 15.6. The Morgan fingerprint density at radius 2 is 1.92 bits per heavy atom. The molecule has 8 heteroatoms. The predicted octanol–water partition coefficient (Wildman–Crippen LogP) is 4.18. The molecule has 8 nitrogen and oxygen atoms in total. The lowest BCUT2D eigenvalue weighted by atomic mass is 10.1. The van der Waals surface area contributed by atoms with E-state index in [1.807, 2.05) is 24.3 Å². The molecule has 128 valence electrons. The van der Waals surface area contributed by atoms with Gasteiger partial charge in [0.15, 0.2) is 0 Å². The molecule has 4 rings (SSSR count). The van der Waals surface area contributed by atoms with E-state index >= 15 is 0 Å². The highest BCUT2D eigenvalue weighted by Crippen LogP contribution is 2.24.